The Labute approximate surface area is 104 Å². The van der Waals surface area contributed by atoms with Gasteiger partial charge >= 0.3 is 0 Å². The Bertz CT molecular complexity index is 372. The van der Waals surface area contributed by atoms with Gasteiger partial charge in [-0.15, -0.1) is 0 Å². The zero-order valence-corrected chi connectivity index (χ0v) is 10.7. The lowest BCUT2D eigenvalue weighted by Gasteiger charge is -2.20. The van der Waals surface area contributed by atoms with E-state index in [-0.39, 0.29) is 0 Å². The number of fused-ring (bicyclic) bond motifs is 1. The molecule has 2 fully saturated rings. The summed E-state index contributed by atoms with van der Waals surface area (Å²) in [6, 6.07) is 9.09. The highest BCUT2D eigenvalue weighted by Crippen LogP contribution is 2.32. The number of anilines is 1. The van der Waals surface area contributed by atoms with Crippen molar-refractivity contribution in [2.45, 2.75) is 19.8 Å². The van der Waals surface area contributed by atoms with Crippen LogP contribution in [0.4, 0.5) is 5.69 Å². The lowest BCUT2D eigenvalue weighted by molar-refractivity contribution is 0.177. The van der Waals surface area contributed by atoms with Crippen LogP contribution < -0.4 is 4.90 Å². The monoisotopic (exact) mass is 231 g/mol. The molecule has 2 aliphatic heterocycles. The van der Waals surface area contributed by atoms with Crippen molar-refractivity contribution in [2.75, 3.05) is 31.2 Å². The molecule has 2 aliphatic rings. The molecule has 0 amide bonds. The van der Waals surface area contributed by atoms with Gasteiger partial charge in [0.2, 0.25) is 0 Å². The van der Waals surface area contributed by atoms with Crippen molar-refractivity contribution in [3.63, 3.8) is 0 Å². The Balaban J connectivity index is 1.73. The van der Waals surface area contributed by atoms with Crippen LogP contribution in [0.25, 0.3) is 0 Å². The second kappa shape index (κ2) is 4.34. The Morgan fingerprint density at radius 2 is 1.65 bits per heavy atom. The minimum Gasteiger partial charge on any atom is -0.381 e. The average Bonchev–Trinajstić information content (AvgIpc) is 2.89. The minimum absolute atomic E-state index is 0.621. The molecule has 0 saturated carbocycles. The third-order valence-electron chi connectivity index (χ3n) is 4.17. The zero-order chi connectivity index (χ0) is 11.8. The van der Waals surface area contributed by atoms with Gasteiger partial charge in [-0.05, 0) is 23.6 Å². The summed E-state index contributed by atoms with van der Waals surface area (Å²) >= 11 is 0. The lowest BCUT2D eigenvalue weighted by Crippen LogP contribution is -2.21. The summed E-state index contributed by atoms with van der Waals surface area (Å²) in [6.07, 6.45) is 0. The van der Waals surface area contributed by atoms with Crippen LogP contribution in [-0.2, 0) is 4.74 Å². The van der Waals surface area contributed by atoms with Crippen LogP contribution in [0.5, 0.6) is 0 Å². The van der Waals surface area contributed by atoms with Crippen molar-refractivity contribution in [2.24, 2.45) is 11.8 Å². The molecule has 0 spiro atoms. The van der Waals surface area contributed by atoms with E-state index in [4.69, 9.17) is 4.74 Å². The molecule has 92 valence electrons. The highest BCUT2D eigenvalue weighted by Gasteiger charge is 2.37. The molecule has 2 nitrogen and oxygen atoms in total. The van der Waals surface area contributed by atoms with E-state index in [1.807, 2.05) is 0 Å². The van der Waals surface area contributed by atoms with Crippen molar-refractivity contribution in [1.82, 2.24) is 0 Å². The van der Waals surface area contributed by atoms with Crippen molar-refractivity contribution >= 4 is 5.69 Å². The SMILES string of the molecule is CC(C)c1ccc(N2CC3COCC3C2)cc1. The quantitative estimate of drug-likeness (QED) is 0.776. The van der Waals surface area contributed by atoms with Crippen LogP contribution in [-0.4, -0.2) is 26.3 Å². The molecule has 17 heavy (non-hydrogen) atoms. The van der Waals surface area contributed by atoms with Gasteiger partial charge in [-0.2, -0.15) is 0 Å². The number of benzene rings is 1. The van der Waals surface area contributed by atoms with E-state index in [0.717, 1.165) is 25.0 Å². The van der Waals surface area contributed by atoms with Gasteiger partial charge in [-0.3, -0.25) is 0 Å². The summed E-state index contributed by atoms with van der Waals surface area (Å²) in [7, 11) is 0. The molecule has 0 N–H and O–H groups in total. The fourth-order valence-corrected chi connectivity index (χ4v) is 2.97. The Morgan fingerprint density at radius 3 is 2.18 bits per heavy atom. The lowest BCUT2D eigenvalue weighted by atomic mass is 10.0. The molecule has 0 radical (unpaired) electrons. The maximum atomic E-state index is 5.52. The third-order valence-corrected chi connectivity index (χ3v) is 4.17. The van der Waals surface area contributed by atoms with Crippen molar-refractivity contribution in [3.05, 3.63) is 29.8 Å². The normalized spacial score (nSPS) is 27.8. The predicted molar refractivity (Wildman–Crippen MR) is 70.5 cm³/mol. The molecule has 2 heteroatoms. The number of rotatable bonds is 2. The topological polar surface area (TPSA) is 12.5 Å². The smallest absolute Gasteiger partial charge is 0.0515 e. The van der Waals surface area contributed by atoms with Crippen LogP contribution in [0.1, 0.15) is 25.3 Å². The fraction of sp³-hybridized carbons (Fsp3) is 0.600. The van der Waals surface area contributed by atoms with Crippen molar-refractivity contribution in [1.29, 1.82) is 0 Å². The second-order valence-corrected chi connectivity index (χ2v) is 5.71. The van der Waals surface area contributed by atoms with Gasteiger partial charge in [-0.1, -0.05) is 26.0 Å². The predicted octanol–water partition coefficient (Wildman–Crippen LogP) is 2.89. The first-order valence-corrected chi connectivity index (χ1v) is 6.66. The number of nitrogens with zero attached hydrogens (tertiary/aromatic N) is 1. The fourth-order valence-electron chi connectivity index (χ4n) is 2.97. The molecule has 2 heterocycles. The highest BCUT2D eigenvalue weighted by atomic mass is 16.5. The van der Waals surface area contributed by atoms with Gasteiger partial charge in [0.05, 0.1) is 13.2 Å². The van der Waals surface area contributed by atoms with Crippen LogP contribution >= 0.6 is 0 Å². The summed E-state index contributed by atoms with van der Waals surface area (Å²) in [5.41, 5.74) is 2.81. The van der Waals surface area contributed by atoms with E-state index in [0.29, 0.717) is 5.92 Å². The van der Waals surface area contributed by atoms with Gasteiger partial charge in [0, 0.05) is 30.6 Å². The molecule has 0 aliphatic carbocycles. The number of ether oxygens (including phenoxy) is 1. The van der Waals surface area contributed by atoms with E-state index in [2.05, 4.69) is 43.0 Å². The minimum atomic E-state index is 0.621. The first-order chi connectivity index (χ1) is 8.24. The van der Waals surface area contributed by atoms with Crippen LogP contribution in [0, 0.1) is 11.8 Å². The molecule has 2 unspecified atom stereocenters. The Morgan fingerprint density at radius 1 is 1.06 bits per heavy atom. The first-order valence-electron chi connectivity index (χ1n) is 6.66. The standard InChI is InChI=1S/C15H21NO/c1-11(2)12-3-5-15(6-4-12)16-7-13-9-17-10-14(13)8-16/h3-6,11,13-14H,7-10H2,1-2H3. The van der Waals surface area contributed by atoms with Crippen molar-refractivity contribution < 1.29 is 4.74 Å². The maximum Gasteiger partial charge on any atom is 0.0515 e. The largest absolute Gasteiger partial charge is 0.381 e. The number of hydrogen-bond donors (Lipinski definition) is 0. The average molecular weight is 231 g/mol. The van der Waals surface area contributed by atoms with E-state index < -0.39 is 0 Å². The first kappa shape index (κ1) is 11.1. The van der Waals surface area contributed by atoms with E-state index in [1.54, 1.807) is 0 Å². The summed E-state index contributed by atoms with van der Waals surface area (Å²) < 4.78 is 5.52. The number of hydrogen-bond acceptors (Lipinski definition) is 2. The Hall–Kier alpha value is -1.02. The summed E-state index contributed by atoms with van der Waals surface area (Å²) in [5, 5.41) is 0. The van der Waals surface area contributed by atoms with Gasteiger partial charge in [0.25, 0.3) is 0 Å². The Kier molecular flexibility index (Phi) is 2.83. The molecular formula is C15H21NO. The van der Waals surface area contributed by atoms with Crippen LogP contribution in [0.15, 0.2) is 24.3 Å². The molecule has 1 aromatic rings. The summed E-state index contributed by atoms with van der Waals surface area (Å²) in [4.78, 5) is 2.52. The van der Waals surface area contributed by atoms with Crippen LogP contribution in [0.3, 0.4) is 0 Å². The second-order valence-electron chi connectivity index (χ2n) is 5.71. The van der Waals surface area contributed by atoms with Crippen molar-refractivity contribution in [3.8, 4) is 0 Å². The maximum absolute atomic E-state index is 5.52. The molecule has 0 aromatic heterocycles. The zero-order valence-electron chi connectivity index (χ0n) is 10.7. The van der Waals surface area contributed by atoms with E-state index in [9.17, 15) is 0 Å². The molecule has 2 saturated heterocycles. The molecule has 1 aromatic carbocycles. The summed E-state index contributed by atoms with van der Waals surface area (Å²) in [6.45, 7) is 8.76. The summed E-state index contributed by atoms with van der Waals surface area (Å²) in [5.74, 6) is 2.15. The van der Waals surface area contributed by atoms with Gasteiger partial charge in [-0.25, -0.2) is 0 Å². The van der Waals surface area contributed by atoms with Gasteiger partial charge < -0.3 is 9.64 Å². The van der Waals surface area contributed by atoms with Gasteiger partial charge in [0.1, 0.15) is 0 Å². The molecule has 2 atom stereocenters. The van der Waals surface area contributed by atoms with Crippen LogP contribution in [0.2, 0.25) is 0 Å². The molecular weight excluding hydrogens is 210 g/mol. The third kappa shape index (κ3) is 2.06. The highest BCUT2D eigenvalue weighted by molar-refractivity contribution is 5.49. The van der Waals surface area contributed by atoms with E-state index in [1.165, 1.54) is 24.3 Å². The van der Waals surface area contributed by atoms with E-state index >= 15 is 0 Å². The molecule has 0 bridgehead atoms. The molecule has 3 rings (SSSR count). The van der Waals surface area contributed by atoms with Gasteiger partial charge in [0.15, 0.2) is 0 Å².